The van der Waals surface area contributed by atoms with Crippen LogP contribution in [-0.4, -0.2) is 21.2 Å². The minimum absolute atomic E-state index is 0.0698. The minimum atomic E-state index is -3.49. The SMILES string of the molecule is CSc1nc2nc(C(F)(F)c3ccc(F)cc3)nc(Cl)c2s1. The number of thioether (sulfide) groups is 1. The van der Waals surface area contributed by atoms with E-state index in [4.69, 9.17) is 11.6 Å². The number of thiazole rings is 1. The van der Waals surface area contributed by atoms with Crippen molar-refractivity contribution in [1.82, 2.24) is 15.0 Å². The Hall–Kier alpha value is -1.38. The first-order valence-corrected chi connectivity index (χ1v) is 8.36. The zero-order valence-electron chi connectivity index (χ0n) is 11.0. The molecule has 22 heavy (non-hydrogen) atoms. The van der Waals surface area contributed by atoms with Crippen molar-refractivity contribution >= 4 is 45.0 Å². The number of alkyl halides is 2. The van der Waals surface area contributed by atoms with Gasteiger partial charge in [-0.2, -0.15) is 8.78 Å². The molecule has 0 spiro atoms. The van der Waals surface area contributed by atoms with Gasteiger partial charge in [0.25, 0.3) is 0 Å². The smallest absolute Gasteiger partial charge is 0.213 e. The minimum Gasteiger partial charge on any atom is -0.213 e. The molecular weight excluding hydrogens is 355 g/mol. The molecule has 0 N–H and O–H groups in total. The molecule has 0 fully saturated rings. The quantitative estimate of drug-likeness (QED) is 0.499. The highest BCUT2D eigenvalue weighted by Crippen LogP contribution is 2.37. The van der Waals surface area contributed by atoms with Crippen LogP contribution in [0.25, 0.3) is 10.3 Å². The Morgan fingerprint density at radius 1 is 1.14 bits per heavy atom. The molecule has 3 nitrogen and oxygen atoms in total. The summed E-state index contributed by atoms with van der Waals surface area (Å²) in [6, 6.07) is 3.90. The van der Waals surface area contributed by atoms with Crippen molar-refractivity contribution in [3.63, 3.8) is 0 Å². The van der Waals surface area contributed by atoms with Gasteiger partial charge in [-0.05, 0) is 30.5 Å². The Morgan fingerprint density at radius 2 is 1.82 bits per heavy atom. The molecule has 1 aromatic carbocycles. The molecule has 3 rings (SSSR count). The van der Waals surface area contributed by atoms with Gasteiger partial charge in [-0.15, -0.1) is 11.3 Å². The van der Waals surface area contributed by atoms with Crippen LogP contribution < -0.4 is 0 Å². The normalized spacial score (nSPS) is 12.0. The van der Waals surface area contributed by atoms with Gasteiger partial charge in [0, 0.05) is 5.56 Å². The number of hydrogen-bond donors (Lipinski definition) is 0. The highest BCUT2D eigenvalue weighted by molar-refractivity contribution is 8.00. The van der Waals surface area contributed by atoms with Gasteiger partial charge < -0.3 is 0 Å². The molecule has 0 atom stereocenters. The van der Waals surface area contributed by atoms with Crippen molar-refractivity contribution in [2.24, 2.45) is 0 Å². The first-order chi connectivity index (χ1) is 10.4. The van der Waals surface area contributed by atoms with E-state index in [1.54, 1.807) is 0 Å². The maximum atomic E-state index is 14.5. The van der Waals surface area contributed by atoms with E-state index < -0.39 is 23.1 Å². The van der Waals surface area contributed by atoms with E-state index in [1.165, 1.54) is 23.1 Å². The van der Waals surface area contributed by atoms with Crippen LogP contribution in [0.4, 0.5) is 13.2 Å². The van der Waals surface area contributed by atoms with Crippen LogP contribution in [0.1, 0.15) is 11.4 Å². The van der Waals surface area contributed by atoms with Gasteiger partial charge in [0.15, 0.2) is 15.1 Å². The number of nitrogens with zero attached hydrogens (tertiary/aromatic N) is 3. The van der Waals surface area contributed by atoms with E-state index in [9.17, 15) is 13.2 Å². The predicted octanol–water partition coefficient (Wildman–Crippen LogP) is 4.74. The van der Waals surface area contributed by atoms with E-state index in [0.717, 1.165) is 24.3 Å². The molecular formula is C13H7ClF3N3S2. The van der Waals surface area contributed by atoms with E-state index >= 15 is 0 Å². The van der Waals surface area contributed by atoms with Crippen molar-refractivity contribution in [1.29, 1.82) is 0 Å². The van der Waals surface area contributed by atoms with Crippen molar-refractivity contribution in [2.75, 3.05) is 6.26 Å². The van der Waals surface area contributed by atoms with Gasteiger partial charge in [0.1, 0.15) is 10.5 Å². The summed E-state index contributed by atoms with van der Waals surface area (Å²) in [5.41, 5.74) is -0.282. The Labute approximate surface area is 136 Å². The van der Waals surface area contributed by atoms with E-state index in [0.29, 0.717) is 9.04 Å². The first kappa shape index (κ1) is 15.5. The number of rotatable bonds is 3. The topological polar surface area (TPSA) is 38.7 Å². The average molecular weight is 362 g/mol. The van der Waals surface area contributed by atoms with Gasteiger partial charge in [-0.1, -0.05) is 23.4 Å². The Kier molecular flexibility index (Phi) is 4.00. The lowest BCUT2D eigenvalue weighted by molar-refractivity contribution is 0.0331. The summed E-state index contributed by atoms with van der Waals surface area (Å²) in [5.74, 6) is -4.85. The molecule has 0 aliphatic heterocycles. The second-order valence-corrected chi connectivity index (χ2v) is 6.67. The third-order valence-electron chi connectivity index (χ3n) is 2.86. The number of hydrogen-bond acceptors (Lipinski definition) is 5. The fraction of sp³-hybridized carbons (Fsp3) is 0.154. The number of benzene rings is 1. The monoisotopic (exact) mass is 361 g/mol. The lowest BCUT2D eigenvalue weighted by Gasteiger charge is -2.15. The maximum Gasteiger partial charge on any atom is 0.331 e. The molecule has 0 bridgehead atoms. The maximum absolute atomic E-state index is 14.5. The number of halogens is 4. The summed E-state index contributed by atoms with van der Waals surface area (Å²) in [7, 11) is 0. The van der Waals surface area contributed by atoms with Gasteiger partial charge >= 0.3 is 5.92 Å². The standard InChI is InChI=1S/C13H7ClF3N3S2/c1-21-12-20-10-8(22-12)9(14)18-11(19-10)13(16,17)6-2-4-7(15)5-3-6/h2-5H,1H3. The lowest BCUT2D eigenvalue weighted by Crippen LogP contribution is -2.19. The van der Waals surface area contributed by atoms with Gasteiger partial charge in [0.2, 0.25) is 5.82 Å². The van der Waals surface area contributed by atoms with Crippen LogP contribution in [0.15, 0.2) is 28.6 Å². The van der Waals surface area contributed by atoms with Crippen molar-refractivity contribution < 1.29 is 13.2 Å². The summed E-state index contributed by atoms with van der Waals surface area (Å²) >= 11 is 8.58. The summed E-state index contributed by atoms with van der Waals surface area (Å²) in [4.78, 5) is 11.6. The highest BCUT2D eigenvalue weighted by atomic mass is 35.5. The second kappa shape index (κ2) is 5.68. The van der Waals surface area contributed by atoms with Crippen LogP contribution in [0, 0.1) is 5.82 Å². The van der Waals surface area contributed by atoms with Crippen molar-refractivity contribution in [3.05, 3.63) is 46.6 Å². The molecule has 0 aliphatic carbocycles. The molecule has 0 amide bonds. The summed E-state index contributed by atoms with van der Waals surface area (Å²) < 4.78 is 43.0. The molecule has 0 saturated heterocycles. The van der Waals surface area contributed by atoms with Crippen molar-refractivity contribution in [2.45, 2.75) is 10.3 Å². The average Bonchev–Trinajstić information content (AvgIpc) is 2.91. The third-order valence-corrected chi connectivity index (χ3v) is 5.28. The molecule has 0 unspecified atom stereocenters. The fourth-order valence-electron chi connectivity index (χ4n) is 1.79. The highest BCUT2D eigenvalue weighted by Gasteiger charge is 2.38. The molecule has 3 aromatic rings. The van der Waals surface area contributed by atoms with Crippen LogP contribution >= 0.6 is 34.7 Å². The van der Waals surface area contributed by atoms with E-state index in [2.05, 4.69) is 15.0 Å². The van der Waals surface area contributed by atoms with Crippen LogP contribution in [0.2, 0.25) is 5.15 Å². The number of fused-ring (bicyclic) bond motifs is 1. The zero-order chi connectivity index (χ0) is 15.9. The van der Waals surface area contributed by atoms with Gasteiger partial charge in [-0.25, -0.2) is 19.3 Å². The fourth-order valence-corrected chi connectivity index (χ4v) is 3.45. The molecule has 114 valence electrons. The molecule has 2 aromatic heterocycles. The molecule has 2 heterocycles. The van der Waals surface area contributed by atoms with E-state index in [1.807, 2.05) is 6.26 Å². The van der Waals surface area contributed by atoms with Crippen LogP contribution in [0.3, 0.4) is 0 Å². The summed E-state index contributed by atoms with van der Waals surface area (Å²) in [6.45, 7) is 0. The lowest BCUT2D eigenvalue weighted by atomic mass is 10.1. The third kappa shape index (κ3) is 2.66. The zero-order valence-corrected chi connectivity index (χ0v) is 13.4. The molecule has 0 radical (unpaired) electrons. The number of aromatic nitrogens is 3. The Bertz CT molecular complexity index is 836. The first-order valence-electron chi connectivity index (χ1n) is 5.94. The summed E-state index contributed by atoms with van der Waals surface area (Å²) in [6.07, 6.45) is 1.81. The Balaban J connectivity index is 2.13. The van der Waals surface area contributed by atoms with Crippen LogP contribution in [0.5, 0.6) is 0 Å². The van der Waals surface area contributed by atoms with Crippen molar-refractivity contribution in [3.8, 4) is 0 Å². The van der Waals surface area contributed by atoms with E-state index in [-0.39, 0.29) is 10.8 Å². The second-order valence-electron chi connectivity index (χ2n) is 4.26. The predicted molar refractivity (Wildman–Crippen MR) is 81.4 cm³/mol. The molecule has 9 heteroatoms. The van der Waals surface area contributed by atoms with Gasteiger partial charge in [0.05, 0.1) is 0 Å². The molecule has 0 aliphatic rings. The molecule has 0 saturated carbocycles. The Morgan fingerprint density at radius 3 is 2.45 bits per heavy atom. The summed E-state index contributed by atoms with van der Waals surface area (Å²) in [5, 5.41) is -0.0698. The van der Waals surface area contributed by atoms with Crippen LogP contribution in [-0.2, 0) is 5.92 Å². The van der Waals surface area contributed by atoms with Gasteiger partial charge in [-0.3, -0.25) is 0 Å². The largest absolute Gasteiger partial charge is 0.331 e.